The van der Waals surface area contributed by atoms with Crippen LogP contribution in [0.4, 0.5) is 0 Å². The normalized spacial score (nSPS) is 17.9. The topological polar surface area (TPSA) is 46.6 Å². The Kier molecular flexibility index (Phi) is 5.79. The zero-order valence-corrected chi connectivity index (χ0v) is 13.8. The Morgan fingerprint density at radius 2 is 2.19 bits per heavy atom. The van der Waals surface area contributed by atoms with Gasteiger partial charge in [0.1, 0.15) is 6.04 Å². The average Bonchev–Trinajstić information content (AvgIpc) is 2.91. The number of benzene rings is 1. The van der Waals surface area contributed by atoms with Gasteiger partial charge in [0.25, 0.3) is 0 Å². The van der Waals surface area contributed by atoms with Crippen molar-refractivity contribution < 1.29 is 14.3 Å². The van der Waals surface area contributed by atoms with Crippen LogP contribution < -0.4 is 0 Å². The predicted molar refractivity (Wildman–Crippen MR) is 84.8 cm³/mol. The Bertz CT molecular complexity index is 553. The van der Waals surface area contributed by atoms with E-state index in [4.69, 9.17) is 27.9 Å². The van der Waals surface area contributed by atoms with Crippen molar-refractivity contribution in [1.82, 2.24) is 4.90 Å². The van der Waals surface area contributed by atoms with E-state index in [9.17, 15) is 9.59 Å². The third-order valence-electron chi connectivity index (χ3n) is 3.12. The monoisotopic (exact) mass is 347 g/mol. The lowest BCUT2D eigenvalue weighted by atomic mass is 10.1. The Balaban J connectivity index is 2.06. The van der Waals surface area contributed by atoms with Crippen molar-refractivity contribution in [3.05, 3.63) is 33.8 Å². The number of carbonyl (C=O) groups excluding carboxylic acids is 2. The molecule has 1 amide bonds. The second-order valence-corrected chi connectivity index (χ2v) is 6.39. The van der Waals surface area contributed by atoms with Crippen LogP contribution >= 0.6 is 35.0 Å². The van der Waals surface area contributed by atoms with Crippen LogP contribution in [0.25, 0.3) is 0 Å². The summed E-state index contributed by atoms with van der Waals surface area (Å²) in [4.78, 5) is 25.8. The molecule has 21 heavy (non-hydrogen) atoms. The zero-order valence-electron chi connectivity index (χ0n) is 11.5. The zero-order chi connectivity index (χ0) is 15.4. The van der Waals surface area contributed by atoms with Gasteiger partial charge >= 0.3 is 5.97 Å². The number of hydrogen-bond donors (Lipinski definition) is 0. The Morgan fingerprint density at radius 3 is 2.86 bits per heavy atom. The molecule has 0 radical (unpaired) electrons. The molecular weight excluding hydrogens is 333 g/mol. The smallest absolute Gasteiger partial charge is 0.329 e. The fourth-order valence-corrected chi connectivity index (χ4v) is 3.69. The van der Waals surface area contributed by atoms with Gasteiger partial charge in [-0.05, 0) is 24.6 Å². The number of carbonyl (C=O) groups is 2. The number of nitrogens with zero attached hydrogens (tertiary/aromatic N) is 1. The summed E-state index contributed by atoms with van der Waals surface area (Å²) in [7, 11) is 0. The van der Waals surface area contributed by atoms with Crippen LogP contribution in [-0.2, 0) is 20.7 Å². The van der Waals surface area contributed by atoms with Gasteiger partial charge in [0.05, 0.1) is 18.9 Å². The molecule has 1 aliphatic rings. The number of thioether (sulfide) groups is 1. The van der Waals surface area contributed by atoms with Crippen molar-refractivity contribution >= 4 is 46.8 Å². The molecule has 1 heterocycles. The lowest BCUT2D eigenvalue weighted by molar-refractivity contribution is -0.152. The average molecular weight is 348 g/mol. The lowest BCUT2D eigenvalue weighted by Gasteiger charge is -2.22. The summed E-state index contributed by atoms with van der Waals surface area (Å²) in [6, 6.07) is 4.52. The molecule has 0 aromatic heterocycles. The van der Waals surface area contributed by atoms with Crippen LogP contribution in [0.3, 0.4) is 0 Å². The number of rotatable bonds is 4. The fourth-order valence-electron chi connectivity index (χ4n) is 2.05. The summed E-state index contributed by atoms with van der Waals surface area (Å²) in [6.45, 7) is 2.06. The highest BCUT2D eigenvalue weighted by Gasteiger charge is 2.35. The molecule has 0 spiro atoms. The molecule has 1 saturated heterocycles. The minimum Gasteiger partial charge on any atom is -0.464 e. The molecule has 7 heteroatoms. The van der Waals surface area contributed by atoms with E-state index in [0.717, 1.165) is 0 Å². The van der Waals surface area contributed by atoms with Crippen molar-refractivity contribution in [1.29, 1.82) is 0 Å². The summed E-state index contributed by atoms with van der Waals surface area (Å²) in [5, 5.41) is 0.979. The van der Waals surface area contributed by atoms with Crippen LogP contribution in [-0.4, -0.2) is 41.1 Å². The van der Waals surface area contributed by atoms with Crippen molar-refractivity contribution in [3.63, 3.8) is 0 Å². The van der Waals surface area contributed by atoms with Crippen LogP contribution in [0.15, 0.2) is 18.2 Å². The Labute approximate surface area is 137 Å². The summed E-state index contributed by atoms with van der Waals surface area (Å²) < 4.78 is 5.01. The van der Waals surface area contributed by atoms with E-state index in [0.29, 0.717) is 33.8 Å². The third-order valence-corrected chi connectivity index (χ3v) is 4.72. The number of hydrogen-bond acceptors (Lipinski definition) is 4. The standard InChI is InChI=1S/C14H15Cl2NO3S/c1-2-20-14(19)12-7-21-8-17(12)13(18)5-9-3-4-10(15)6-11(9)16/h3-4,6,12H,2,5,7-8H2,1H3. The van der Waals surface area contributed by atoms with Gasteiger partial charge in [-0.25, -0.2) is 4.79 Å². The molecule has 1 fully saturated rings. The second-order valence-electron chi connectivity index (χ2n) is 4.54. The Hall–Kier alpha value is -0.910. The summed E-state index contributed by atoms with van der Waals surface area (Å²) in [5.41, 5.74) is 0.700. The van der Waals surface area contributed by atoms with Crippen molar-refractivity contribution in [2.75, 3.05) is 18.2 Å². The number of ether oxygens (including phenoxy) is 1. The highest BCUT2D eigenvalue weighted by molar-refractivity contribution is 7.99. The van der Waals surface area contributed by atoms with E-state index in [1.807, 2.05) is 0 Å². The number of amides is 1. The van der Waals surface area contributed by atoms with Crippen molar-refractivity contribution in [2.24, 2.45) is 0 Å². The molecule has 1 aromatic rings. The van der Waals surface area contributed by atoms with Gasteiger partial charge in [-0.3, -0.25) is 4.79 Å². The van der Waals surface area contributed by atoms with Gasteiger partial charge in [-0.2, -0.15) is 0 Å². The van der Waals surface area contributed by atoms with Crippen molar-refractivity contribution in [2.45, 2.75) is 19.4 Å². The molecule has 1 aliphatic heterocycles. The molecule has 0 bridgehead atoms. The van der Waals surface area contributed by atoms with Crippen LogP contribution in [0.2, 0.25) is 10.0 Å². The van der Waals surface area contributed by atoms with Crippen molar-refractivity contribution in [3.8, 4) is 0 Å². The minimum absolute atomic E-state index is 0.137. The molecule has 4 nitrogen and oxygen atoms in total. The second kappa shape index (κ2) is 7.38. The van der Waals surface area contributed by atoms with Gasteiger partial charge in [0.2, 0.25) is 5.91 Å². The molecule has 0 aliphatic carbocycles. The van der Waals surface area contributed by atoms with E-state index < -0.39 is 6.04 Å². The molecule has 1 unspecified atom stereocenters. The minimum atomic E-state index is -0.506. The first-order valence-electron chi connectivity index (χ1n) is 6.50. The first-order valence-corrected chi connectivity index (χ1v) is 8.41. The van der Waals surface area contributed by atoms with Crippen LogP contribution in [0, 0.1) is 0 Å². The maximum absolute atomic E-state index is 12.4. The highest BCUT2D eigenvalue weighted by atomic mass is 35.5. The van der Waals surface area contributed by atoms with Gasteiger partial charge < -0.3 is 9.64 Å². The molecule has 114 valence electrons. The number of halogens is 2. The van der Waals surface area contributed by atoms with E-state index in [1.165, 1.54) is 0 Å². The fraction of sp³-hybridized carbons (Fsp3) is 0.429. The SMILES string of the molecule is CCOC(=O)C1CSCN1C(=O)Cc1ccc(Cl)cc1Cl. The molecule has 1 aromatic carbocycles. The molecule has 1 atom stereocenters. The van der Waals surface area contributed by atoms with Gasteiger partial charge in [0.15, 0.2) is 0 Å². The molecule has 0 saturated carbocycles. The quantitative estimate of drug-likeness (QED) is 0.785. The van der Waals surface area contributed by atoms with Gasteiger partial charge in [0, 0.05) is 15.8 Å². The third kappa shape index (κ3) is 4.05. The number of esters is 1. The summed E-state index contributed by atoms with van der Waals surface area (Å²) in [6.07, 6.45) is 0.145. The van der Waals surface area contributed by atoms with E-state index in [-0.39, 0.29) is 18.3 Å². The van der Waals surface area contributed by atoms with Gasteiger partial charge in [-0.15, -0.1) is 11.8 Å². The Morgan fingerprint density at radius 1 is 1.43 bits per heavy atom. The van der Waals surface area contributed by atoms with E-state index in [1.54, 1.807) is 41.8 Å². The molecule has 2 rings (SSSR count). The lowest BCUT2D eigenvalue weighted by Crippen LogP contribution is -2.43. The van der Waals surface area contributed by atoms with E-state index >= 15 is 0 Å². The highest BCUT2D eigenvalue weighted by Crippen LogP contribution is 2.25. The molecular formula is C14H15Cl2NO3S. The summed E-state index contributed by atoms with van der Waals surface area (Å²) in [5.74, 6) is 0.576. The first-order chi connectivity index (χ1) is 10.0. The van der Waals surface area contributed by atoms with E-state index in [2.05, 4.69) is 0 Å². The maximum Gasteiger partial charge on any atom is 0.329 e. The maximum atomic E-state index is 12.4. The molecule has 0 N–H and O–H groups in total. The van der Waals surface area contributed by atoms with Crippen LogP contribution in [0.1, 0.15) is 12.5 Å². The van der Waals surface area contributed by atoms with Crippen LogP contribution in [0.5, 0.6) is 0 Å². The van der Waals surface area contributed by atoms with Gasteiger partial charge in [-0.1, -0.05) is 29.3 Å². The first kappa shape index (κ1) is 16.5. The summed E-state index contributed by atoms with van der Waals surface area (Å²) >= 11 is 13.5. The largest absolute Gasteiger partial charge is 0.464 e. The predicted octanol–water partition coefficient (Wildman–Crippen LogP) is 3.00.